The van der Waals surface area contributed by atoms with Crippen LogP contribution in [0.1, 0.15) is 40.6 Å². The van der Waals surface area contributed by atoms with E-state index >= 15 is 0 Å². The zero-order chi connectivity index (χ0) is 20.1. The smallest absolute Gasteiger partial charge is 0.251 e. The van der Waals surface area contributed by atoms with Crippen LogP contribution in [0.2, 0.25) is 0 Å². The zero-order valence-corrected chi connectivity index (χ0v) is 17.3. The number of carbonyl (C=O) groups is 3. The Balaban J connectivity index is 1.58. The molecule has 0 radical (unpaired) electrons. The molecule has 4 N–H and O–H groups in total. The van der Waals surface area contributed by atoms with E-state index in [0.29, 0.717) is 10.6 Å². The maximum Gasteiger partial charge on any atom is 0.251 e. The number of hydrogen-bond acceptors (Lipinski definition) is 5. The predicted molar refractivity (Wildman–Crippen MR) is 115 cm³/mol. The number of nitrogens with two attached hydrogens (primary N) is 1. The Morgan fingerprint density at radius 3 is 2.57 bits per heavy atom. The minimum atomic E-state index is -0.503. The second-order valence-electron chi connectivity index (χ2n) is 6.64. The number of fused-ring (bicyclic) bond motifs is 1. The van der Waals surface area contributed by atoms with E-state index in [-0.39, 0.29) is 17.6 Å². The highest BCUT2D eigenvalue weighted by Gasteiger charge is 2.26. The summed E-state index contributed by atoms with van der Waals surface area (Å²) in [6.07, 6.45) is 3.85. The molecule has 1 atom stereocenters. The van der Waals surface area contributed by atoms with Crippen LogP contribution in [0.25, 0.3) is 0 Å². The normalized spacial score (nSPS) is 14.0. The van der Waals surface area contributed by atoms with Gasteiger partial charge in [-0.3, -0.25) is 14.4 Å². The van der Waals surface area contributed by atoms with Crippen LogP contribution in [0.3, 0.4) is 0 Å². The Labute approximate surface area is 172 Å². The fourth-order valence-corrected chi connectivity index (χ4v) is 5.10. The molecule has 2 aromatic rings. The fraction of sp³-hybridized carbons (Fsp3) is 0.350. The van der Waals surface area contributed by atoms with E-state index in [2.05, 4.69) is 10.6 Å². The van der Waals surface area contributed by atoms with Gasteiger partial charge in [-0.1, -0.05) is 18.2 Å². The van der Waals surface area contributed by atoms with Gasteiger partial charge in [-0.15, -0.1) is 23.1 Å². The quantitative estimate of drug-likeness (QED) is 0.642. The van der Waals surface area contributed by atoms with Crippen LogP contribution >= 0.6 is 23.1 Å². The van der Waals surface area contributed by atoms with Crippen molar-refractivity contribution >= 4 is 51.5 Å². The number of thioether (sulfide) groups is 1. The molecule has 0 spiro atoms. The van der Waals surface area contributed by atoms with Gasteiger partial charge in [-0.05, 0) is 50.3 Å². The van der Waals surface area contributed by atoms with Gasteiger partial charge < -0.3 is 16.4 Å². The number of nitrogens with one attached hydrogen (secondary N) is 2. The Morgan fingerprint density at radius 1 is 1.14 bits per heavy atom. The van der Waals surface area contributed by atoms with Crippen LogP contribution < -0.4 is 16.4 Å². The average molecular weight is 418 g/mol. The summed E-state index contributed by atoms with van der Waals surface area (Å²) in [4.78, 5) is 37.7. The highest BCUT2D eigenvalue weighted by Crippen LogP contribution is 2.38. The lowest BCUT2D eigenvalue weighted by Gasteiger charge is -2.13. The molecule has 0 bridgehead atoms. The molecule has 1 aliphatic carbocycles. The van der Waals surface area contributed by atoms with Gasteiger partial charge in [0.15, 0.2) is 0 Å². The summed E-state index contributed by atoms with van der Waals surface area (Å²) in [7, 11) is 0. The molecule has 1 aliphatic rings. The minimum absolute atomic E-state index is 0.160. The topological polar surface area (TPSA) is 101 Å². The highest BCUT2D eigenvalue weighted by atomic mass is 32.2. The van der Waals surface area contributed by atoms with E-state index in [9.17, 15) is 14.4 Å². The Morgan fingerprint density at radius 2 is 1.86 bits per heavy atom. The lowest BCUT2D eigenvalue weighted by Crippen LogP contribution is -2.26. The third-order valence-electron chi connectivity index (χ3n) is 4.55. The lowest BCUT2D eigenvalue weighted by molar-refractivity contribution is -0.115. The van der Waals surface area contributed by atoms with Crippen molar-refractivity contribution < 1.29 is 14.4 Å². The molecule has 3 rings (SSSR count). The molecule has 0 saturated carbocycles. The van der Waals surface area contributed by atoms with Gasteiger partial charge in [-0.25, -0.2) is 0 Å². The number of anilines is 2. The zero-order valence-electron chi connectivity index (χ0n) is 15.6. The third-order valence-corrected chi connectivity index (χ3v) is 6.90. The first kappa shape index (κ1) is 20.4. The van der Waals surface area contributed by atoms with Crippen molar-refractivity contribution in [3.63, 3.8) is 0 Å². The van der Waals surface area contributed by atoms with Crippen molar-refractivity contribution in [1.82, 2.24) is 0 Å². The number of rotatable bonds is 7. The Kier molecular flexibility index (Phi) is 6.74. The molecular formula is C20H23N3O3S2. The SMILES string of the molecule is CC(SCC(=O)Nc1ccccc1)C(=O)Nc1sc2c(c1C(N)=O)CCCC2. The summed E-state index contributed by atoms with van der Waals surface area (Å²) in [5.41, 5.74) is 7.73. The monoisotopic (exact) mass is 417 g/mol. The molecule has 1 heterocycles. The second kappa shape index (κ2) is 9.25. The maximum absolute atomic E-state index is 12.6. The average Bonchev–Trinajstić information content (AvgIpc) is 3.04. The fourth-order valence-electron chi connectivity index (χ4n) is 3.12. The molecule has 0 fully saturated rings. The number of amides is 3. The van der Waals surface area contributed by atoms with E-state index in [1.165, 1.54) is 23.1 Å². The molecule has 28 heavy (non-hydrogen) atoms. The molecule has 1 aromatic carbocycles. The predicted octanol–water partition coefficient (Wildman–Crippen LogP) is 3.42. The molecule has 0 saturated heterocycles. The number of aryl methyl sites for hydroxylation is 1. The Bertz CT molecular complexity index is 880. The number of hydrogen-bond donors (Lipinski definition) is 3. The van der Waals surface area contributed by atoms with E-state index in [1.807, 2.05) is 30.3 Å². The first-order valence-electron chi connectivity index (χ1n) is 9.17. The summed E-state index contributed by atoms with van der Waals surface area (Å²) in [6, 6.07) is 9.18. The van der Waals surface area contributed by atoms with Crippen molar-refractivity contribution in [3.8, 4) is 0 Å². The van der Waals surface area contributed by atoms with Gasteiger partial charge >= 0.3 is 0 Å². The van der Waals surface area contributed by atoms with Crippen molar-refractivity contribution in [2.75, 3.05) is 16.4 Å². The Hall–Kier alpha value is -2.32. The maximum atomic E-state index is 12.6. The molecule has 0 aliphatic heterocycles. The minimum Gasteiger partial charge on any atom is -0.365 e. The number of primary amides is 1. The molecule has 8 heteroatoms. The number of para-hydroxylation sites is 1. The van der Waals surface area contributed by atoms with E-state index in [1.54, 1.807) is 6.92 Å². The lowest BCUT2D eigenvalue weighted by atomic mass is 9.95. The van der Waals surface area contributed by atoms with Gasteiger partial charge in [0, 0.05) is 10.6 Å². The van der Waals surface area contributed by atoms with Crippen molar-refractivity contribution in [1.29, 1.82) is 0 Å². The van der Waals surface area contributed by atoms with Crippen LogP contribution in [0.4, 0.5) is 10.7 Å². The summed E-state index contributed by atoms with van der Waals surface area (Å²) in [5.74, 6) is -0.747. The van der Waals surface area contributed by atoms with Crippen LogP contribution in [0.5, 0.6) is 0 Å². The largest absolute Gasteiger partial charge is 0.365 e. The molecule has 148 valence electrons. The van der Waals surface area contributed by atoms with Crippen LogP contribution in [-0.4, -0.2) is 28.7 Å². The van der Waals surface area contributed by atoms with Gasteiger partial charge in [0.05, 0.1) is 16.6 Å². The molecule has 1 aromatic heterocycles. The van der Waals surface area contributed by atoms with Crippen LogP contribution in [0, 0.1) is 0 Å². The second-order valence-corrected chi connectivity index (χ2v) is 9.07. The summed E-state index contributed by atoms with van der Waals surface area (Å²) >= 11 is 2.69. The van der Waals surface area contributed by atoms with Gasteiger partial charge in [-0.2, -0.15) is 0 Å². The summed E-state index contributed by atoms with van der Waals surface area (Å²) in [6.45, 7) is 1.74. The van der Waals surface area contributed by atoms with E-state index < -0.39 is 11.2 Å². The highest BCUT2D eigenvalue weighted by molar-refractivity contribution is 8.01. The van der Waals surface area contributed by atoms with E-state index in [4.69, 9.17) is 5.73 Å². The first-order valence-corrected chi connectivity index (χ1v) is 11.0. The van der Waals surface area contributed by atoms with E-state index in [0.717, 1.165) is 41.8 Å². The van der Waals surface area contributed by atoms with Crippen LogP contribution in [0.15, 0.2) is 30.3 Å². The van der Waals surface area contributed by atoms with Gasteiger partial charge in [0.25, 0.3) is 5.91 Å². The molecule has 1 unspecified atom stereocenters. The van der Waals surface area contributed by atoms with Crippen LogP contribution in [-0.2, 0) is 22.4 Å². The number of thiophene rings is 1. The number of benzene rings is 1. The summed E-state index contributed by atoms with van der Waals surface area (Å²) < 4.78 is 0. The molecular weight excluding hydrogens is 394 g/mol. The van der Waals surface area contributed by atoms with Gasteiger partial charge in [0.1, 0.15) is 5.00 Å². The van der Waals surface area contributed by atoms with Crippen molar-refractivity contribution in [2.45, 2.75) is 37.9 Å². The summed E-state index contributed by atoms with van der Waals surface area (Å²) in [5, 5.41) is 5.73. The molecule has 6 nitrogen and oxygen atoms in total. The first-order chi connectivity index (χ1) is 13.5. The molecule has 3 amide bonds. The van der Waals surface area contributed by atoms with Crippen molar-refractivity contribution in [2.24, 2.45) is 5.73 Å². The third kappa shape index (κ3) is 4.94. The number of carbonyl (C=O) groups excluding carboxylic acids is 3. The standard InChI is InChI=1S/C20H23N3O3S2/c1-12(27-11-16(24)22-13-7-3-2-4-8-13)19(26)23-20-17(18(21)25)14-9-5-6-10-15(14)28-20/h2-4,7-8,12H,5-6,9-11H2,1H3,(H2,21,25)(H,22,24)(H,23,26). The van der Waals surface area contributed by atoms with Gasteiger partial charge in [0.2, 0.25) is 11.8 Å². The van der Waals surface area contributed by atoms with Crippen molar-refractivity contribution in [3.05, 3.63) is 46.3 Å².